The van der Waals surface area contributed by atoms with Crippen molar-refractivity contribution in [3.05, 3.63) is 119 Å². The summed E-state index contributed by atoms with van der Waals surface area (Å²) in [6, 6.07) is 31.4. The van der Waals surface area contributed by atoms with E-state index in [-0.39, 0.29) is 0 Å². The van der Waals surface area contributed by atoms with E-state index in [0.29, 0.717) is 24.5 Å². The van der Waals surface area contributed by atoms with Gasteiger partial charge in [0, 0.05) is 24.2 Å². The van der Waals surface area contributed by atoms with Gasteiger partial charge in [-0.15, -0.1) is 0 Å². The molecule has 0 spiro atoms. The maximum atomic E-state index is 10.1. The molecule has 37 heavy (non-hydrogen) atoms. The van der Waals surface area contributed by atoms with Gasteiger partial charge >= 0.3 is 0 Å². The van der Waals surface area contributed by atoms with Crippen LogP contribution in [0.15, 0.2) is 91.3 Å². The van der Waals surface area contributed by atoms with Gasteiger partial charge in [0.25, 0.3) is 0 Å². The molecule has 0 aliphatic rings. The maximum absolute atomic E-state index is 10.1. The van der Waals surface area contributed by atoms with Crippen molar-refractivity contribution in [2.75, 3.05) is 5.32 Å². The van der Waals surface area contributed by atoms with Gasteiger partial charge < -0.3 is 14.5 Å². The standard InChI is InChI=1S/C31H26N6/c1-21-22(2)36(18-23-11-5-3-6-12-23)30(26(21)17-32)35-29-28-25-15-9-10-16-27(25)37(31(28)34-20-33-29)19-24-13-7-4-8-14-24/h3-16,20H,18-19H2,1-2H3,(H,33,34,35). The normalized spacial score (nSPS) is 11.2. The van der Waals surface area contributed by atoms with Crippen molar-refractivity contribution in [1.29, 1.82) is 5.26 Å². The first kappa shape index (κ1) is 22.6. The quantitative estimate of drug-likeness (QED) is 0.286. The smallest absolute Gasteiger partial charge is 0.146 e. The van der Waals surface area contributed by atoms with Gasteiger partial charge in [0.15, 0.2) is 0 Å². The summed E-state index contributed by atoms with van der Waals surface area (Å²) in [6.07, 6.45) is 1.60. The third-order valence-corrected chi connectivity index (χ3v) is 7.09. The van der Waals surface area contributed by atoms with Crippen molar-refractivity contribution < 1.29 is 0 Å². The highest BCUT2D eigenvalue weighted by molar-refractivity contribution is 6.12. The van der Waals surface area contributed by atoms with Crippen LogP contribution in [0.1, 0.15) is 27.9 Å². The van der Waals surface area contributed by atoms with Gasteiger partial charge in [0.1, 0.15) is 29.7 Å². The van der Waals surface area contributed by atoms with Crippen molar-refractivity contribution in [3.63, 3.8) is 0 Å². The van der Waals surface area contributed by atoms with Crippen LogP contribution in [0.5, 0.6) is 0 Å². The summed E-state index contributed by atoms with van der Waals surface area (Å²) < 4.78 is 4.40. The number of hydrogen-bond donors (Lipinski definition) is 1. The molecule has 6 nitrogen and oxygen atoms in total. The molecule has 0 radical (unpaired) electrons. The lowest BCUT2D eigenvalue weighted by molar-refractivity contribution is 0.781. The van der Waals surface area contributed by atoms with Crippen LogP contribution in [0.25, 0.3) is 21.9 Å². The summed E-state index contributed by atoms with van der Waals surface area (Å²) in [5, 5.41) is 15.7. The van der Waals surface area contributed by atoms with Crippen LogP contribution in [0.2, 0.25) is 0 Å². The Balaban J connectivity index is 1.52. The fourth-order valence-electron chi connectivity index (χ4n) is 5.09. The third-order valence-electron chi connectivity index (χ3n) is 7.09. The highest BCUT2D eigenvalue weighted by Crippen LogP contribution is 2.36. The van der Waals surface area contributed by atoms with Gasteiger partial charge in [-0.25, -0.2) is 9.97 Å². The monoisotopic (exact) mass is 482 g/mol. The molecule has 0 bridgehead atoms. The van der Waals surface area contributed by atoms with Crippen LogP contribution in [-0.4, -0.2) is 19.1 Å². The average molecular weight is 483 g/mol. The Hall–Kier alpha value is -4.89. The largest absolute Gasteiger partial charge is 0.326 e. The first-order chi connectivity index (χ1) is 18.2. The molecule has 0 atom stereocenters. The lowest BCUT2D eigenvalue weighted by atomic mass is 10.2. The average Bonchev–Trinajstić information content (AvgIpc) is 3.37. The zero-order valence-electron chi connectivity index (χ0n) is 20.8. The summed E-state index contributed by atoms with van der Waals surface area (Å²) in [5.74, 6) is 1.44. The summed E-state index contributed by atoms with van der Waals surface area (Å²) in [6.45, 7) is 5.42. The number of hydrogen-bond acceptors (Lipinski definition) is 4. The summed E-state index contributed by atoms with van der Waals surface area (Å²) in [4.78, 5) is 9.39. The zero-order valence-corrected chi connectivity index (χ0v) is 20.8. The second-order valence-corrected chi connectivity index (χ2v) is 9.25. The number of rotatable bonds is 6. The minimum Gasteiger partial charge on any atom is -0.326 e. The minimum atomic E-state index is 0.633. The van der Waals surface area contributed by atoms with Gasteiger partial charge in [-0.2, -0.15) is 5.26 Å². The molecule has 0 aliphatic carbocycles. The van der Waals surface area contributed by atoms with Crippen molar-refractivity contribution >= 4 is 33.6 Å². The molecule has 6 rings (SSSR count). The zero-order chi connectivity index (χ0) is 25.4. The highest BCUT2D eigenvalue weighted by atomic mass is 15.2. The van der Waals surface area contributed by atoms with Crippen molar-refractivity contribution in [2.45, 2.75) is 26.9 Å². The van der Waals surface area contributed by atoms with Crippen LogP contribution in [0.4, 0.5) is 11.6 Å². The molecule has 3 aromatic carbocycles. The van der Waals surface area contributed by atoms with Gasteiger partial charge in [0.2, 0.25) is 0 Å². The number of para-hydroxylation sites is 1. The Morgan fingerprint density at radius 1 is 0.784 bits per heavy atom. The van der Waals surface area contributed by atoms with Gasteiger partial charge in [-0.3, -0.25) is 0 Å². The van der Waals surface area contributed by atoms with Gasteiger partial charge in [-0.05, 0) is 36.6 Å². The lowest BCUT2D eigenvalue weighted by Crippen LogP contribution is -2.08. The summed E-state index contributed by atoms with van der Waals surface area (Å²) >= 11 is 0. The Morgan fingerprint density at radius 2 is 1.41 bits per heavy atom. The first-order valence-corrected chi connectivity index (χ1v) is 12.3. The molecule has 0 saturated carbocycles. The van der Waals surface area contributed by atoms with E-state index in [1.165, 1.54) is 11.1 Å². The van der Waals surface area contributed by atoms with E-state index in [4.69, 9.17) is 4.98 Å². The third kappa shape index (κ3) is 3.91. The second-order valence-electron chi connectivity index (χ2n) is 9.25. The fourth-order valence-corrected chi connectivity index (χ4v) is 5.09. The van der Waals surface area contributed by atoms with E-state index < -0.39 is 0 Å². The molecule has 0 aliphatic heterocycles. The molecule has 0 amide bonds. The van der Waals surface area contributed by atoms with E-state index in [1.54, 1.807) is 6.33 Å². The lowest BCUT2D eigenvalue weighted by Gasteiger charge is -2.14. The molecule has 6 heteroatoms. The predicted octanol–water partition coefficient (Wildman–Crippen LogP) is 6.71. The number of nitrogens with one attached hydrogen (secondary N) is 1. The Morgan fingerprint density at radius 3 is 2.08 bits per heavy atom. The van der Waals surface area contributed by atoms with Crippen LogP contribution in [0, 0.1) is 25.2 Å². The molecular formula is C31H26N6. The van der Waals surface area contributed by atoms with Crippen molar-refractivity contribution in [3.8, 4) is 6.07 Å². The van der Waals surface area contributed by atoms with E-state index in [0.717, 1.165) is 39.0 Å². The van der Waals surface area contributed by atoms with Crippen LogP contribution >= 0.6 is 0 Å². The van der Waals surface area contributed by atoms with E-state index >= 15 is 0 Å². The molecule has 3 aromatic heterocycles. The van der Waals surface area contributed by atoms with Gasteiger partial charge in [0.05, 0.1) is 16.5 Å². The number of aromatic nitrogens is 4. The fraction of sp³-hybridized carbons (Fsp3) is 0.129. The molecular weight excluding hydrogens is 456 g/mol. The molecule has 0 unspecified atom stereocenters. The van der Waals surface area contributed by atoms with Crippen molar-refractivity contribution in [2.24, 2.45) is 0 Å². The number of fused-ring (bicyclic) bond motifs is 3. The van der Waals surface area contributed by atoms with Gasteiger partial charge in [-0.1, -0.05) is 78.9 Å². The number of anilines is 2. The number of nitriles is 1. The number of nitrogens with zero attached hydrogens (tertiary/aromatic N) is 5. The Bertz CT molecular complexity index is 1770. The predicted molar refractivity (Wildman–Crippen MR) is 148 cm³/mol. The molecule has 6 aromatic rings. The minimum absolute atomic E-state index is 0.633. The van der Waals surface area contributed by atoms with E-state index in [2.05, 4.69) is 87.0 Å². The van der Waals surface area contributed by atoms with E-state index in [9.17, 15) is 5.26 Å². The van der Waals surface area contributed by atoms with Crippen LogP contribution < -0.4 is 5.32 Å². The molecule has 1 N–H and O–H groups in total. The van der Waals surface area contributed by atoms with Crippen LogP contribution in [-0.2, 0) is 13.1 Å². The number of benzene rings is 3. The maximum Gasteiger partial charge on any atom is 0.146 e. The Kier molecular flexibility index (Phi) is 5.66. The molecule has 0 fully saturated rings. The van der Waals surface area contributed by atoms with Crippen molar-refractivity contribution in [1.82, 2.24) is 19.1 Å². The second kappa shape index (κ2) is 9.29. The summed E-state index contributed by atoms with van der Waals surface area (Å²) in [5.41, 5.74) is 6.98. The molecule has 0 saturated heterocycles. The molecule has 3 heterocycles. The molecule has 180 valence electrons. The first-order valence-electron chi connectivity index (χ1n) is 12.3. The van der Waals surface area contributed by atoms with E-state index in [1.807, 2.05) is 37.3 Å². The summed E-state index contributed by atoms with van der Waals surface area (Å²) in [7, 11) is 0. The topological polar surface area (TPSA) is 71.5 Å². The van der Waals surface area contributed by atoms with Crippen LogP contribution in [0.3, 0.4) is 0 Å². The highest BCUT2D eigenvalue weighted by Gasteiger charge is 2.22. The SMILES string of the molecule is Cc1c(C#N)c(Nc2ncnc3c2c2ccccc2n3Cc2ccccc2)n(Cc2ccccc2)c1C. The Labute approximate surface area is 215 Å².